The van der Waals surface area contributed by atoms with Crippen LogP contribution < -0.4 is 0 Å². The molecule has 0 aromatic rings. The molecular weight excluding hydrogens is 60.5 g/mol. The zero-order valence-corrected chi connectivity index (χ0v) is 6.00. The zero-order valence-electron chi connectivity index (χ0n) is 4.00. The Morgan fingerprint density at radius 2 is 1.00 bits per heavy atom. The Kier molecular flexibility index (Phi) is 258. The van der Waals surface area contributed by atoms with Crippen LogP contribution in [0.1, 0.15) is 0 Å². The average molecular weight is 69.6 g/mol. The van der Waals surface area contributed by atoms with Gasteiger partial charge in [-0.2, -0.15) is 0 Å². The molecule has 0 aromatic heterocycles. The molecule has 0 atom stereocenters. The van der Waals surface area contributed by atoms with Gasteiger partial charge in [-0.3, -0.25) is 0 Å². The maximum Gasteiger partial charge on any atom is 0.0852 e. The van der Waals surface area contributed by atoms with Crippen molar-refractivity contribution in [2.24, 2.45) is 0 Å². The monoisotopic (exact) mass is 70.1 g/mol. The highest BCUT2D eigenvalue weighted by atomic mass is 28.1. The van der Waals surface area contributed by atoms with Gasteiger partial charge in [-0.15, -0.1) is 0 Å². The maximum absolute atomic E-state index is 2.14. The average Bonchev–Trinajstić information content (AvgIpc) is 1.50. The smallest absolute Gasteiger partial charge is 0.0304 e. The van der Waals surface area contributed by atoms with Gasteiger partial charge in [0.15, 0.2) is 0 Å². The van der Waals surface area contributed by atoms with Crippen LogP contribution in [-0.4, -0.2) is 33.0 Å². The molecule has 0 aromatic carbocycles. The summed E-state index contributed by atoms with van der Waals surface area (Å²) in [6.07, 6.45) is 0. The van der Waals surface area contributed by atoms with Crippen LogP contribution in [0.3, 0.4) is 0 Å². The van der Waals surface area contributed by atoms with E-state index in [1.54, 1.807) is 0 Å². The highest BCUT2D eigenvalue weighted by Gasteiger charge is 1.06. The maximum atomic E-state index is 2.14. The van der Waals surface area contributed by atoms with Crippen LogP contribution in [0, 0.1) is 0 Å². The molecule has 0 radical (unpaired) electrons. The molecule has 4 heavy (non-hydrogen) atoms. The van der Waals surface area contributed by atoms with E-state index in [1.807, 2.05) is 15.5 Å². The Hall–Kier alpha value is 0.412. The Bertz CT molecular complexity index is 3.25. The molecule has 0 amide bonds. The number of hydrogen-bond acceptors (Lipinski definition) is 0. The van der Waals surface area contributed by atoms with Crippen molar-refractivity contribution < 1.29 is 0 Å². The summed E-state index contributed by atoms with van der Waals surface area (Å²) in [5, 5.41) is 0. The van der Waals surface area contributed by atoms with Crippen molar-refractivity contribution in [3.05, 3.63) is 0 Å². The third-order valence-electron chi connectivity index (χ3n) is 0. The van der Waals surface area contributed by atoms with Crippen molar-refractivity contribution in [1.29, 1.82) is 0 Å². The van der Waals surface area contributed by atoms with Gasteiger partial charge in [0.25, 0.3) is 0 Å². The lowest BCUT2D eigenvalue weighted by atomic mass is 9.81. The van der Waals surface area contributed by atoms with Crippen LogP contribution >= 0.6 is 0 Å². The molecule has 0 saturated heterocycles. The minimum Gasteiger partial charge on any atom is -0.0304 e. The van der Waals surface area contributed by atoms with Gasteiger partial charge in [0.2, 0.25) is 0 Å². The van der Waals surface area contributed by atoms with Crippen molar-refractivity contribution in [3.63, 3.8) is 0 Å². The van der Waals surface area contributed by atoms with Crippen LogP contribution in [0.15, 0.2) is 0 Å². The molecule has 0 unspecified atom stereocenters. The third kappa shape index (κ3) is 28.4. The standard InChI is InChI=1S/B2H4.BH5Si/c2*1-2/h1-2H2;1H2,2H3. The lowest BCUT2D eigenvalue weighted by Gasteiger charge is -0.974. The topological polar surface area (TPSA) is 0 Å². The predicted molar refractivity (Wildman–Crippen MR) is 35.6 cm³/mol. The molecule has 4 heteroatoms. The molecule has 0 saturated carbocycles. The molecule has 0 aliphatic carbocycles. The van der Waals surface area contributed by atoms with Crippen LogP contribution in [0.25, 0.3) is 0 Å². The SMILES string of the molecule is BB.B[SiH3]. The predicted octanol–water partition coefficient (Wildman–Crippen LogP) is -3.93. The largest absolute Gasteiger partial charge is 0.0852 e. The summed E-state index contributed by atoms with van der Waals surface area (Å²) in [6, 6.07) is 0. The molecule has 0 N–H and O–H groups in total. The van der Waals surface area contributed by atoms with Gasteiger partial charge in [-0.25, -0.2) is 0 Å². The van der Waals surface area contributed by atoms with Crippen molar-refractivity contribution in [2.75, 3.05) is 0 Å². The first kappa shape index (κ1) is 8.83. The summed E-state index contributed by atoms with van der Waals surface area (Å²) < 4.78 is 0. The number of rotatable bonds is 0. The van der Waals surface area contributed by atoms with E-state index in [1.165, 1.54) is 10.1 Å². The first-order valence-corrected chi connectivity index (χ1v) is 4.00. The second kappa shape index (κ2) is 117. The van der Waals surface area contributed by atoms with E-state index in [0.717, 1.165) is 0 Å². The Labute approximate surface area is 33.9 Å². The van der Waals surface area contributed by atoms with Gasteiger partial charge >= 0.3 is 0 Å². The minimum absolute atomic E-state index is 1.31. The molecule has 0 heterocycles. The quantitative estimate of drug-likeness (QED) is 0.255. The van der Waals surface area contributed by atoms with Gasteiger partial charge in [0.05, 0.1) is 22.9 Å². The molecule has 0 aliphatic rings. The van der Waals surface area contributed by atoms with Gasteiger partial charge in [0.1, 0.15) is 0 Å². The summed E-state index contributed by atoms with van der Waals surface area (Å²) in [5.74, 6) is 0. The van der Waals surface area contributed by atoms with E-state index in [4.69, 9.17) is 0 Å². The first-order valence-electron chi connectivity index (χ1n) is 2.00. The molecule has 0 fully saturated rings. The van der Waals surface area contributed by atoms with E-state index in [0.29, 0.717) is 0 Å². The van der Waals surface area contributed by atoms with E-state index in [2.05, 4.69) is 7.44 Å². The van der Waals surface area contributed by atoms with Gasteiger partial charge in [0, 0.05) is 0 Å². The second-order valence-corrected chi connectivity index (χ2v) is 0. The highest BCUT2D eigenvalue weighted by molar-refractivity contribution is 6.76. The molecule has 0 spiro atoms. The van der Waals surface area contributed by atoms with E-state index < -0.39 is 0 Å². The fourth-order valence-electron chi connectivity index (χ4n) is 0. The summed E-state index contributed by atoms with van der Waals surface area (Å²) in [4.78, 5) is 0. The van der Waals surface area contributed by atoms with E-state index in [-0.39, 0.29) is 0 Å². The van der Waals surface area contributed by atoms with Crippen molar-refractivity contribution in [1.82, 2.24) is 0 Å². The fourth-order valence-corrected chi connectivity index (χ4v) is 0. The van der Waals surface area contributed by atoms with Crippen LogP contribution in [0.5, 0.6) is 0 Å². The minimum atomic E-state index is 1.31. The van der Waals surface area contributed by atoms with Crippen LogP contribution in [-0.2, 0) is 0 Å². The van der Waals surface area contributed by atoms with Crippen molar-refractivity contribution >= 4 is 33.0 Å². The lowest BCUT2D eigenvalue weighted by molar-refractivity contribution is 4.75. The van der Waals surface area contributed by atoms with Gasteiger partial charge in [-0.1, -0.05) is 0 Å². The van der Waals surface area contributed by atoms with E-state index >= 15 is 0 Å². The Balaban J connectivity index is 0. The summed E-state index contributed by atoms with van der Waals surface area (Å²) in [7, 11) is 7.44. The van der Waals surface area contributed by atoms with Crippen LogP contribution in [0.4, 0.5) is 0 Å². The lowest BCUT2D eigenvalue weighted by Crippen LogP contribution is -1.38. The van der Waals surface area contributed by atoms with Crippen molar-refractivity contribution in [2.45, 2.75) is 0 Å². The molecular formula is H9B3Si. The Morgan fingerprint density at radius 3 is 1.00 bits per heavy atom. The highest BCUT2D eigenvalue weighted by Crippen LogP contribution is 0.621. The zero-order chi connectivity index (χ0) is 4.00. The third-order valence-corrected chi connectivity index (χ3v) is 0. The molecule has 0 aliphatic heterocycles. The molecule has 0 nitrogen and oxygen atoms in total. The number of hydrogen-bond donors (Lipinski definition) is 0. The second-order valence-electron chi connectivity index (χ2n) is 0. The van der Waals surface area contributed by atoms with Gasteiger partial charge < -0.3 is 0 Å². The summed E-state index contributed by atoms with van der Waals surface area (Å²) in [6.45, 7) is 0. The van der Waals surface area contributed by atoms with Gasteiger partial charge in [-0.05, 0) is 10.1 Å². The van der Waals surface area contributed by atoms with Crippen LogP contribution in [0.2, 0.25) is 0 Å². The normalized spacial score (nSPS) is 3.00. The fraction of sp³-hybridized carbons (Fsp3) is 0. The van der Waals surface area contributed by atoms with E-state index in [9.17, 15) is 0 Å². The van der Waals surface area contributed by atoms with Crippen molar-refractivity contribution in [3.8, 4) is 0 Å². The summed E-state index contributed by atoms with van der Waals surface area (Å²) >= 11 is 0. The molecule has 22 valence electrons. The molecule has 0 rings (SSSR count). The first-order chi connectivity index (χ1) is 2.00. The molecule has 0 bridgehead atoms. The Morgan fingerprint density at radius 1 is 1.00 bits per heavy atom. The summed E-state index contributed by atoms with van der Waals surface area (Å²) in [5.41, 5.74) is 0.